The first kappa shape index (κ1) is 16.9. The Balaban J connectivity index is 2.74. The Morgan fingerprint density at radius 1 is 0.950 bits per heavy atom. The number of unbranched alkanes of at least 4 members (excludes halogenated alkanes) is 3. The molecule has 0 bridgehead atoms. The predicted octanol–water partition coefficient (Wildman–Crippen LogP) is 5.27. The highest BCUT2D eigenvalue weighted by Gasteiger charge is 2.11. The van der Waals surface area contributed by atoms with Crippen LogP contribution >= 0.6 is 0 Å². The Morgan fingerprint density at radius 2 is 1.70 bits per heavy atom. The maximum absolute atomic E-state index is 5.96. The molecule has 0 N–H and O–H groups in total. The average molecular weight is 277 g/mol. The van der Waals surface area contributed by atoms with E-state index in [0.717, 1.165) is 18.8 Å². The Bertz CT molecular complexity index is 362. The normalized spacial score (nSPS) is 10.8. The van der Waals surface area contributed by atoms with Gasteiger partial charge in [0.25, 0.3) is 0 Å². The van der Waals surface area contributed by atoms with Gasteiger partial charge in [-0.2, -0.15) is 0 Å². The molecule has 0 saturated heterocycles. The Labute approximate surface area is 125 Å². The van der Waals surface area contributed by atoms with Gasteiger partial charge in [0.05, 0.1) is 11.8 Å². The van der Waals surface area contributed by atoms with Crippen molar-refractivity contribution in [3.63, 3.8) is 0 Å². The van der Waals surface area contributed by atoms with Crippen LogP contribution in [0.2, 0.25) is 0 Å². The lowest BCUT2D eigenvalue weighted by atomic mass is 10.1. The molecule has 20 heavy (non-hydrogen) atoms. The molecule has 1 aromatic rings. The fourth-order valence-electron chi connectivity index (χ4n) is 2.42. The number of hydrogen-bond acceptors (Lipinski definition) is 2. The highest BCUT2D eigenvalue weighted by atomic mass is 16.5. The van der Waals surface area contributed by atoms with E-state index >= 15 is 0 Å². The molecule has 0 atom stereocenters. The molecular weight excluding hydrogens is 246 g/mol. The van der Waals surface area contributed by atoms with Gasteiger partial charge in [-0.25, -0.2) is 0 Å². The number of anilines is 1. The molecule has 114 valence electrons. The lowest BCUT2D eigenvalue weighted by Crippen LogP contribution is -2.26. The summed E-state index contributed by atoms with van der Waals surface area (Å²) in [7, 11) is 0. The Kier molecular flexibility index (Phi) is 8.17. The minimum absolute atomic E-state index is 0.222. The zero-order valence-electron chi connectivity index (χ0n) is 13.7. The topological polar surface area (TPSA) is 12.5 Å². The molecule has 0 aliphatic carbocycles. The smallest absolute Gasteiger partial charge is 0.142 e. The molecule has 0 unspecified atom stereocenters. The van der Waals surface area contributed by atoms with Crippen LogP contribution in [0.5, 0.6) is 5.75 Å². The van der Waals surface area contributed by atoms with Crippen molar-refractivity contribution in [3.05, 3.63) is 24.3 Å². The molecule has 0 amide bonds. The van der Waals surface area contributed by atoms with Crippen LogP contribution in [-0.4, -0.2) is 19.2 Å². The van der Waals surface area contributed by atoms with Gasteiger partial charge >= 0.3 is 0 Å². The summed E-state index contributed by atoms with van der Waals surface area (Å²) in [4.78, 5) is 2.48. The first-order valence-corrected chi connectivity index (χ1v) is 8.19. The van der Waals surface area contributed by atoms with E-state index in [-0.39, 0.29) is 6.10 Å². The molecule has 0 aliphatic heterocycles. The van der Waals surface area contributed by atoms with E-state index in [1.165, 1.54) is 37.8 Å². The van der Waals surface area contributed by atoms with Crippen molar-refractivity contribution >= 4 is 5.69 Å². The quantitative estimate of drug-likeness (QED) is 0.540. The second kappa shape index (κ2) is 9.68. The number of nitrogens with zero attached hydrogens (tertiary/aromatic N) is 1. The van der Waals surface area contributed by atoms with Gasteiger partial charge in [0.15, 0.2) is 0 Å². The molecular formula is C18H31NO. The number of rotatable bonds is 10. The minimum Gasteiger partial charge on any atom is -0.489 e. The van der Waals surface area contributed by atoms with Gasteiger partial charge in [-0.3, -0.25) is 0 Å². The molecule has 0 fully saturated rings. The standard InChI is InChI=1S/C18H31NO/c1-5-7-8-11-15-19(14-6-2)17-12-9-10-13-18(17)20-16(3)4/h9-10,12-13,16H,5-8,11,14-15H2,1-4H3. The van der Waals surface area contributed by atoms with Crippen LogP contribution in [0.1, 0.15) is 59.8 Å². The zero-order valence-corrected chi connectivity index (χ0v) is 13.7. The molecule has 0 aliphatic rings. The lowest BCUT2D eigenvalue weighted by Gasteiger charge is -2.27. The predicted molar refractivity (Wildman–Crippen MR) is 88.9 cm³/mol. The van der Waals surface area contributed by atoms with Crippen LogP contribution in [0.3, 0.4) is 0 Å². The fourth-order valence-corrected chi connectivity index (χ4v) is 2.42. The third kappa shape index (κ3) is 5.85. The van der Waals surface area contributed by atoms with Crippen LogP contribution in [0.15, 0.2) is 24.3 Å². The van der Waals surface area contributed by atoms with Crippen molar-refractivity contribution in [1.29, 1.82) is 0 Å². The van der Waals surface area contributed by atoms with E-state index < -0.39 is 0 Å². The Morgan fingerprint density at radius 3 is 2.35 bits per heavy atom. The summed E-state index contributed by atoms with van der Waals surface area (Å²) in [5.41, 5.74) is 1.25. The van der Waals surface area contributed by atoms with Crippen molar-refractivity contribution in [1.82, 2.24) is 0 Å². The molecule has 0 radical (unpaired) electrons. The maximum atomic E-state index is 5.96. The summed E-state index contributed by atoms with van der Waals surface area (Å²) in [6, 6.07) is 8.44. The largest absolute Gasteiger partial charge is 0.489 e. The Hall–Kier alpha value is -1.18. The van der Waals surface area contributed by atoms with E-state index in [0.29, 0.717) is 0 Å². The van der Waals surface area contributed by atoms with Gasteiger partial charge in [-0.1, -0.05) is 45.2 Å². The first-order chi connectivity index (χ1) is 9.69. The van der Waals surface area contributed by atoms with Crippen LogP contribution in [0, 0.1) is 0 Å². The van der Waals surface area contributed by atoms with Gasteiger partial charge in [0.2, 0.25) is 0 Å². The van der Waals surface area contributed by atoms with Gasteiger partial charge in [0.1, 0.15) is 5.75 Å². The van der Waals surface area contributed by atoms with E-state index in [9.17, 15) is 0 Å². The molecule has 0 spiro atoms. The molecule has 1 aromatic carbocycles. The summed E-state index contributed by atoms with van der Waals surface area (Å²) in [6.07, 6.45) is 6.61. The average Bonchev–Trinajstić information content (AvgIpc) is 2.42. The van der Waals surface area contributed by atoms with Crippen LogP contribution in [0.4, 0.5) is 5.69 Å². The van der Waals surface area contributed by atoms with E-state index in [1.54, 1.807) is 0 Å². The molecule has 0 aromatic heterocycles. The summed E-state index contributed by atoms with van der Waals surface area (Å²) >= 11 is 0. The monoisotopic (exact) mass is 277 g/mol. The van der Waals surface area contributed by atoms with Crippen LogP contribution in [-0.2, 0) is 0 Å². The highest BCUT2D eigenvalue weighted by Crippen LogP contribution is 2.29. The van der Waals surface area contributed by atoms with Crippen LogP contribution in [0.25, 0.3) is 0 Å². The fraction of sp³-hybridized carbons (Fsp3) is 0.667. The number of para-hydroxylation sites is 2. The maximum Gasteiger partial charge on any atom is 0.142 e. The molecule has 0 heterocycles. The minimum atomic E-state index is 0.222. The number of ether oxygens (including phenoxy) is 1. The van der Waals surface area contributed by atoms with E-state index in [2.05, 4.69) is 56.9 Å². The van der Waals surface area contributed by atoms with Crippen molar-refractivity contribution in [2.45, 2.75) is 65.9 Å². The van der Waals surface area contributed by atoms with Gasteiger partial charge < -0.3 is 9.64 Å². The van der Waals surface area contributed by atoms with E-state index in [1.807, 2.05) is 0 Å². The molecule has 2 nitrogen and oxygen atoms in total. The number of hydrogen-bond donors (Lipinski definition) is 0. The second-order valence-corrected chi connectivity index (χ2v) is 5.68. The second-order valence-electron chi connectivity index (χ2n) is 5.68. The number of benzene rings is 1. The molecule has 1 rings (SSSR count). The third-order valence-corrected chi connectivity index (χ3v) is 3.34. The van der Waals surface area contributed by atoms with E-state index in [4.69, 9.17) is 4.74 Å². The highest BCUT2D eigenvalue weighted by molar-refractivity contribution is 5.58. The van der Waals surface area contributed by atoms with Gasteiger partial charge in [-0.15, -0.1) is 0 Å². The van der Waals surface area contributed by atoms with Crippen molar-refractivity contribution in [3.8, 4) is 5.75 Å². The van der Waals surface area contributed by atoms with Gasteiger partial charge in [-0.05, 0) is 38.8 Å². The lowest BCUT2D eigenvalue weighted by molar-refractivity contribution is 0.243. The summed E-state index contributed by atoms with van der Waals surface area (Å²) in [5, 5.41) is 0. The van der Waals surface area contributed by atoms with Crippen molar-refractivity contribution in [2.75, 3.05) is 18.0 Å². The first-order valence-electron chi connectivity index (χ1n) is 8.19. The van der Waals surface area contributed by atoms with Crippen molar-refractivity contribution in [2.24, 2.45) is 0 Å². The third-order valence-electron chi connectivity index (χ3n) is 3.34. The SMILES string of the molecule is CCCCCCN(CCC)c1ccccc1OC(C)C. The summed E-state index contributed by atoms with van der Waals surface area (Å²) in [6.45, 7) is 10.9. The summed E-state index contributed by atoms with van der Waals surface area (Å²) in [5.74, 6) is 1.02. The molecule has 0 saturated carbocycles. The molecule has 2 heteroatoms. The zero-order chi connectivity index (χ0) is 14.8. The summed E-state index contributed by atoms with van der Waals surface area (Å²) < 4.78 is 5.96. The van der Waals surface area contributed by atoms with Gasteiger partial charge in [0, 0.05) is 13.1 Å². The van der Waals surface area contributed by atoms with Crippen molar-refractivity contribution < 1.29 is 4.74 Å². The van der Waals surface area contributed by atoms with Crippen LogP contribution < -0.4 is 9.64 Å².